The van der Waals surface area contributed by atoms with E-state index in [0.717, 1.165) is 23.4 Å². The lowest BCUT2D eigenvalue weighted by molar-refractivity contribution is 0.0800. The van der Waals surface area contributed by atoms with Crippen molar-refractivity contribution in [2.75, 3.05) is 6.54 Å². The zero-order valence-electron chi connectivity index (χ0n) is 16.4. The van der Waals surface area contributed by atoms with Crippen LogP contribution in [0, 0.1) is 25.5 Å². The molecular formula is C20H19F2N5O2. The van der Waals surface area contributed by atoms with Gasteiger partial charge in [0.25, 0.3) is 11.8 Å². The summed E-state index contributed by atoms with van der Waals surface area (Å²) in [6.07, 6.45) is 1.59. The molecule has 1 aliphatic rings. The predicted molar refractivity (Wildman–Crippen MR) is 99.9 cm³/mol. The van der Waals surface area contributed by atoms with Crippen LogP contribution in [-0.2, 0) is 5.41 Å². The number of aromatic amines is 1. The quantitative estimate of drug-likeness (QED) is 0.713. The number of carbonyl (C=O) groups excluding carboxylic acids is 1. The maximum atomic E-state index is 13.7. The van der Waals surface area contributed by atoms with E-state index < -0.39 is 23.0 Å². The van der Waals surface area contributed by atoms with Crippen molar-refractivity contribution < 1.29 is 18.1 Å². The van der Waals surface area contributed by atoms with Crippen LogP contribution < -0.4 is 0 Å². The third-order valence-electron chi connectivity index (χ3n) is 4.93. The largest absolute Gasteiger partial charge is 0.334 e. The average molecular weight is 399 g/mol. The number of amides is 1. The first-order valence-electron chi connectivity index (χ1n) is 9.02. The minimum atomic E-state index is -1.08. The van der Waals surface area contributed by atoms with Crippen molar-refractivity contribution in [3.8, 4) is 0 Å². The van der Waals surface area contributed by atoms with Gasteiger partial charge in [-0.3, -0.25) is 9.89 Å². The van der Waals surface area contributed by atoms with E-state index >= 15 is 0 Å². The van der Waals surface area contributed by atoms with E-state index in [1.54, 1.807) is 13.1 Å². The summed E-state index contributed by atoms with van der Waals surface area (Å²) in [5.41, 5.74) is 2.43. The molecule has 0 radical (unpaired) electrons. The van der Waals surface area contributed by atoms with Crippen molar-refractivity contribution in [1.29, 1.82) is 0 Å². The van der Waals surface area contributed by atoms with Crippen molar-refractivity contribution in [2.45, 2.75) is 33.1 Å². The lowest BCUT2D eigenvalue weighted by Gasteiger charge is -2.29. The van der Waals surface area contributed by atoms with Crippen LogP contribution in [0.4, 0.5) is 8.78 Å². The standard InChI is InChI=1S/C20H19F2N5O2/c1-10-16-17(25-24-10)13(18-23-11(2)26-29-18)8-27(9-20(16,3)4)19(28)12-5-6-14(21)15(22)7-12/h5-8H,9H2,1-4H3,(H,24,25). The average Bonchev–Trinajstić information content (AvgIpc) is 3.23. The van der Waals surface area contributed by atoms with Gasteiger partial charge in [0.05, 0.1) is 17.0 Å². The molecule has 1 N–H and O–H groups in total. The molecular weight excluding hydrogens is 380 g/mol. The van der Waals surface area contributed by atoms with Gasteiger partial charge in [-0.2, -0.15) is 10.1 Å². The molecule has 0 spiro atoms. The number of rotatable bonds is 2. The molecule has 150 valence electrons. The minimum Gasteiger partial charge on any atom is -0.334 e. The molecule has 29 heavy (non-hydrogen) atoms. The summed E-state index contributed by atoms with van der Waals surface area (Å²) >= 11 is 0. The number of benzene rings is 1. The Morgan fingerprint density at radius 3 is 2.66 bits per heavy atom. The van der Waals surface area contributed by atoms with Gasteiger partial charge in [0.1, 0.15) is 0 Å². The van der Waals surface area contributed by atoms with Gasteiger partial charge in [0, 0.05) is 29.3 Å². The number of hydrogen-bond donors (Lipinski definition) is 1. The third kappa shape index (κ3) is 3.22. The van der Waals surface area contributed by atoms with Gasteiger partial charge in [0.15, 0.2) is 17.5 Å². The zero-order valence-corrected chi connectivity index (χ0v) is 16.4. The van der Waals surface area contributed by atoms with Gasteiger partial charge < -0.3 is 9.42 Å². The van der Waals surface area contributed by atoms with Crippen LogP contribution in [0.5, 0.6) is 0 Å². The number of aromatic nitrogens is 4. The Bertz CT molecular complexity index is 1150. The molecule has 1 aromatic carbocycles. The Balaban J connectivity index is 1.87. The van der Waals surface area contributed by atoms with E-state index in [0.29, 0.717) is 17.1 Å². The molecule has 0 fully saturated rings. The van der Waals surface area contributed by atoms with Crippen LogP contribution in [0.2, 0.25) is 0 Å². The second-order valence-corrected chi connectivity index (χ2v) is 7.69. The zero-order chi connectivity index (χ0) is 20.9. The molecule has 7 nitrogen and oxygen atoms in total. The fraction of sp³-hybridized carbons (Fsp3) is 0.300. The number of halogens is 2. The summed E-state index contributed by atoms with van der Waals surface area (Å²) in [5.74, 6) is -1.88. The molecule has 4 rings (SSSR count). The van der Waals surface area contributed by atoms with E-state index in [1.807, 2.05) is 20.8 Å². The van der Waals surface area contributed by atoms with Crippen LogP contribution in [0.1, 0.15) is 52.9 Å². The van der Waals surface area contributed by atoms with Crippen LogP contribution in [0.15, 0.2) is 28.9 Å². The van der Waals surface area contributed by atoms with Crippen molar-refractivity contribution in [3.05, 3.63) is 70.3 Å². The van der Waals surface area contributed by atoms with Crippen LogP contribution in [0.25, 0.3) is 5.57 Å². The molecule has 0 atom stereocenters. The first-order valence-corrected chi connectivity index (χ1v) is 9.02. The van der Waals surface area contributed by atoms with Crippen LogP contribution in [-0.4, -0.2) is 37.7 Å². The van der Waals surface area contributed by atoms with E-state index in [4.69, 9.17) is 4.52 Å². The Kier molecular flexibility index (Phi) is 4.33. The molecule has 0 unspecified atom stereocenters. The second-order valence-electron chi connectivity index (χ2n) is 7.69. The summed E-state index contributed by atoms with van der Waals surface area (Å²) < 4.78 is 32.3. The highest BCUT2D eigenvalue weighted by atomic mass is 19.2. The maximum Gasteiger partial charge on any atom is 0.261 e. The SMILES string of the molecule is Cc1noc(C2=CN(C(=O)c3ccc(F)c(F)c3)CC(C)(C)c3c(C)n[nH]c32)n1. The number of fused-ring (bicyclic) bond motifs is 1. The summed E-state index contributed by atoms with van der Waals surface area (Å²) in [6.45, 7) is 7.82. The lowest BCUT2D eigenvalue weighted by atomic mass is 9.82. The topological polar surface area (TPSA) is 87.9 Å². The molecule has 0 aliphatic carbocycles. The third-order valence-corrected chi connectivity index (χ3v) is 4.93. The van der Waals surface area contributed by atoms with Gasteiger partial charge in [0.2, 0.25) is 0 Å². The van der Waals surface area contributed by atoms with E-state index in [-0.39, 0.29) is 18.0 Å². The molecule has 3 heterocycles. The van der Waals surface area contributed by atoms with Gasteiger partial charge in [-0.25, -0.2) is 8.78 Å². The summed E-state index contributed by atoms with van der Waals surface area (Å²) in [4.78, 5) is 18.9. The number of H-pyrrole nitrogens is 1. The fourth-order valence-corrected chi connectivity index (χ4v) is 3.72. The maximum absolute atomic E-state index is 13.7. The Labute approximate surface area is 165 Å². The van der Waals surface area contributed by atoms with Gasteiger partial charge in [-0.05, 0) is 32.0 Å². The number of nitrogens with zero attached hydrogens (tertiary/aromatic N) is 4. The lowest BCUT2D eigenvalue weighted by Crippen LogP contribution is -2.37. The smallest absolute Gasteiger partial charge is 0.261 e. The predicted octanol–water partition coefficient (Wildman–Crippen LogP) is 3.51. The molecule has 0 saturated heterocycles. The van der Waals surface area contributed by atoms with E-state index in [9.17, 15) is 13.6 Å². The molecule has 2 aromatic heterocycles. The monoisotopic (exact) mass is 399 g/mol. The highest BCUT2D eigenvalue weighted by Gasteiger charge is 2.37. The first-order chi connectivity index (χ1) is 13.7. The normalized spacial score (nSPS) is 15.7. The highest BCUT2D eigenvalue weighted by molar-refractivity contribution is 5.96. The van der Waals surface area contributed by atoms with Crippen molar-refractivity contribution >= 4 is 11.5 Å². The first kappa shape index (κ1) is 19.0. The van der Waals surface area contributed by atoms with Gasteiger partial charge in [-0.15, -0.1) is 0 Å². The van der Waals surface area contributed by atoms with Gasteiger partial charge in [-0.1, -0.05) is 19.0 Å². The Morgan fingerprint density at radius 1 is 1.24 bits per heavy atom. The van der Waals surface area contributed by atoms with Crippen molar-refractivity contribution in [2.24, 2.45) is 0 Å². The van der Waals surface area contributed by atoms with Crippen molar-refractivity contribution in [3.63, 3.8) is 0 Å². The Morgan fingerprint density at radius 2 is 2.00 bits per heavy atom. The van der Waals surface area contributed by atoms with Crippen LogP contribution >= 0.6 is 0 Å². The van der Waals surface area contributed by atoms with Crippen molar-refractivity contribution in [1.82, 2.24) is 25.2 Å². The number of aryl methyl sites for hydroxylation is 2. The minimum absolute atomic E-state index is 0.0393. The molecule has 9 heteroatoms. The van der Waals surface area contributed by atoms with E-state index in [2.05, 4.69) is 20.3 Å². The molecule has 0 saturated carbocycles. The highest BCUT2D eigenvalue weighted by Crippen LogP contribution is 2.38. The number of carbonyl (C=O) groups is 1. The molecule has 0 bridgehead atoms. The molecule has 1 aliphatic heterocycles. The summed E-state index contributed by atoms with van der Waals surface area (Å²) in [7, 11) is 0. The van der Waals surface area contributed by atoms with Gasteiger partial charge >= 0.3 is 0 Å². The van der Waals surface area contributed by atoms with E-state index in [1.165, 1.54) is 11.0 Å². The van der Waals surface area contributed by atoms with Crippen LogP contribution in [0.3, 0.4) is 0 Å². The second kappa shape index (κ2) is 6.61. The summed E-state index contributed by atoms with van der Waals surface area (Å²) in [6, 6.07) is 3.09. The number of hydrogen-bond acceptors (Lipinski definition) is 5. The fourth-order valence-electron chi connectivity index (χ4n) is 3.72. The Hall–Kier alpha value is -3.36. The summed E-state index contributed by atoms with van der Waals surface area (Å²) in [5, 5.41) is 11.2. The number of nitrogens with one attached hydrogen (secondary N) is 1. The molecule has 3 aromatic rings. The molecule has 1 amide bonds.